The lowest BCUT2D eigenvalue weighted by Crippen LogP contribution is -2.51. The fourth-order valence-corrected chi connectivity index (χ4v) is 2.39. The topological polar surface area (TPSA) is 75.6 Å². The number of rotatable bonds is 9. The van der Waals surface area contributed by atoms with E-state index in [9.17, 15) is 14.7 Å². The van der Waals surface area contributed by atoms with Crippen LogP contribution in [-0.4, -0.2) is 30.7 Å². The number of carboxylic acid groups (broad SMARTS) is 1. The first-order valence-electron chi connectivity index (χ1n) is 7.25. The van der Waals surface area contributed by atoms with Crippen molar-refractivity contribution in [1.29, 1.82) is 0 Å². The molecule has 1 aromatic rings. The van der Waals surface area contributed by atoms with Crippen LogP contribution in [0.2, 0.25) is 5.02 Å². The molecule has 0 saturated carbocycles. The third-order valence-corrected chi connectivity index (χ3v) is 3.84. The highest BCUT2D eigenvalue weighted by Gasteiger charge is 2.40. The van der Waals surface area contributed by atoms with Gasteiger partial charge in [-0.05, 0) is 37.0 Å². The maximum atomic E-state index is 12.1. The highest BCUT2D eigenvalue weighted by Crippen LogP contribution is 2.27. The van der Waals surface area contributed by atoms with Crippen LogP contribution in [0.25, 0.3) is 0 Å². The average Bonchev–Trinajstić information content (AvgIpc) is 2.50. The van der Waals surface area contributed by atoms with Crippen molar-refractivity contribution in [2.75, 3.05) is 13.7 Å². The predicted octanol–water partition coefficient (Wildman–Crippen LogP) is 2.96. The van der Waals surface area contributed by atoms with Crippen LogP contribution in [0.15, 0.2) is 24.3 Å². The van der Waals surface area contributed by atoms with Gasteiger partial charge in [-0.1, -0.05) is 30.7 Å². The van der Waals surface area contributed by atoms with E-state index in [1.54, 1.807) is 38.3 Å². The lowest BCUT2D eigenvalue weighted by molar-refractivity contribution is -0.148. The van der Waals surface area contributed by atoms with Gasteiger partial charge in [-0.2, -0.15) is 0 Å². The fraction of sp³-hybridized carbons (Fsp3) is 0.500. The Kier molecular flexibility index (Phi) is 7.35. The first-order valence-corrected chi connectivity index (χ1v) is 7.63. The van der Waals surface area contributed by atoms with E-state index in [0.29, 0.717) is 23.6 Å². The number of unbranched alkanes of at least 4 members (excludes halogenated alkanes) is 1. The van der Waals surface area contributed by atoms with Crippen molar-refractivity contribution in [2.24, 2.45) is 0 Å². The molecular weight excluding hydrogens is 306 g/mol. The Hall–Kier alpha value is -1.59. The number of hydrogen-bond donors (Lipinski definition) is 2. The zero-order valence-corrected chi connectivity index (χ0v) is 13.7. The molecule has 1 atom stereocenters. The normalized spacial score (nSPS) is 13.4. The van der Waals surface area contributed by atoms with Crippen molar-refractivity contribution in [2.45, 2.75) is 38.1 Å². The highest BCUT2D eigenvalue weighted by molar-refractivity contribution is 6.30. The van der Waals surface area contributed by atoms with Crippen molar-refractivity contribution >= 4 is 23.5 Å². The summed E-state index contributed by atoms with van der Waals surface area (Å²) in [5, 5.41) is 12.8. The monoisotopic (exact) mass is 327 g/mol. The van der Waals surface area contributed by atoms with Crippen LogP contribution in [-0.2, 0) is 19.9 Å². The molecule has 2 N–H and O–H groups in total. The molecule has 0 aliphatic heterocycles. The first-order chi connectivity index (χ1) is 10.5. The van der Waals surface area contributed by atoms with Gasteiger partial charge in [0.2, 0.25) is 5.91 Å². The average molecular weight is 328 g/mol. The molecule has 0 aliphatic carbocycles. The van der Waals surface area contributed by atoms with Crippen molar-refractivity contribution < 1.29 is 19.4 Å². The van der Waals surface area contributed by atoms with Gasteiger partial charge in [-0.3, -0.25) is 4.79 Å². The van der Waals surface area contributed by atoms with Crippen molar-refractivity contribution in [3.05, 3.63) is 34.9 Å². The van der Waals surface area contributed by atoms with E-state index in [0.717, 1.165) is 6.42 Å². The standard InChI is InChI=1S/C16H22ClNO4/c1-3-16(15(20)21,12-7-9-13(17)10-8-12)18-14(19)6-4-5-11-22-2/h7-10H,3-6,11H2,1-2H3,(H,18,19)(H,20,21). The van der Waals surface area contributed by atoms with E-state index in [1.807, 2.05) is 0 Å². The van der Waals surface area contributed by atoms with E-state index in [1.165, 1.54) is 0 Å². The number of carbonyl (C=O) groups excluding carboxylic acids is 1. The minimum atomic E-state index is -1.43. The maximum absolute atomic E-state index is 12.1. The summed E-state index contributed by atoms with van der Waals surface area (Å²) in [4.78, 5) is 23.9. The summed E-state index contributed by atoms with van der Waals surface area (Å²) in [5.74, 6) is -1.36. The fourth-order valence-electron chi connectivity index (χ4n) is 2.26. The van der Waals surface area contributed by atoms with E-state index >= 15 is 0 Å². The molecule has 0 aromatic heterocycles. The molecule has 0 radical (unpaired) electrons. The van der Waals surface area contributed by atoms with Gasteiger partial charge < -0.3 is 15.2 Å². The van der Waals surface area contributed by atoms with E-state index in [4.69, 9.17) is 16.3 Å². The molecule has 0 spiro atoms. The third kappa shape index (κ3) is 4.71. The second-order valence-electron chi connectivity index (χ2n) is 5.07. The number of ether oxygens (including phenoxy) is 1. The number of carbonyl (C=O) groups is 2. The molecule has 22 heavy (non-hydrogen) atoms. The Bertz CT molecular complexity index is 503. The Morgan fingerprint density at radius 2 is 1.91 bits per heavy atom. The largest absolute Gasteiger partial charge is 0.479 e. The predicted molar refractivity (Wildman–Crippen MR) is 84.9 cm³/mol. The van der Waals surface area contributed by atoms with Gasteiger partial charge in [0.25, 0.3) is 0 Å². The van der Waals surface area contributed by atoms with Gasteiger partial charge in [0, 0.05) is 25.2 Å². The number of halogens is 1. The van der Waals surface area contributed by atoms with Gasteiger partial charge in [0.05, 0.1) is 0 Å². The minimum absolute atomic E-state index is 0.244. The second kappa shape index (κ2) is 8.76. The van der Waals surface area contributed by atoms with E-state index in [-0.39, 0.29) is 18.7 Å². The lowest BCUT2D eigenvalue weighted by atomic mass is 9.87. The van der Waals surface area contributed by atoms with Crippen molar-refractivity contribution in [1.82, 2.24) is 5.32 Å². The van der Waals surface area contributed by atoms with E-state index in [2.05, 4.69) is 5.32 Å². The number of methoxy groups -OCH3 is 1. The summed E-state index contributed by atoms with van der Waals surface area (Å²) in [6.07, 6.45) is 1.93. The summed E-state index contributed by atoms with van der Waals surface area (Å²) in [6.45, 7) is 2.32. The molecule has 1 aromatic carbocycles. The molecule has 1 amide bonds. The number of hydrogen-bond acceptors (Lipinski definition) is 3. The number of benzene rings is 1. The van der Waals surface area contributed by atoms with Crippen LogP contribution in [0.4, 0.5) is 0 Å². The van der Waals surface area contributed by atoms with Gasteiger partial charge in [0.15, 0.2) is 5.54 Å². The highest BCUT2D eigenvalue weighted by atomic mass is 35.5. The Balaban J connectivity index is 2.86. The van der Waals surface area contributed by atoms with Gasteiger partial charge in [0.1, 0.15) is 0 Å². The third-order valence-electron chi connectivity index (χ3n) is 3.59. The summed E-state index contributed by atoms with van der Waals surface area (Å²) >= 11 is 5.84. The summed E-state index contributed by atoms with van der Waals surface area (Å²) < 4.78 is 4.93. The Morgan fingerprint density at radius 1 is 1.27 bits per heavy atom. The van der Waals surface area contributed by atoms with Crippen LogP contribution in [0, 0.1) is 0 Å². The molecule has 6 heteroatoms. The first kappa shape index (κ1) is 18.5. The summed E-state index contributed by atoms with van der Waals surface area (Å²) in [6, 6.07) is 6.50. The van der Waals surface area contributed by atoms with Gasteiger partial charge >= 0.3 is 5.97 Å². The number of carboxylic acids is 1. The molecule has 0 aliphatic rings. The number of amides is 1. The molecule has 1 unspecified atom stereocenters. The smallest absolute Gasteiger partial charge is 0.334 e. The maximum Gasteiger partial charge on any atom is 0.334 e. The van der Waals surface area contributed by atoms with E-state index < -0.39 is 11.5 Å². The van der Waals surface area contributed by atoms with Gasteiger partial charge in [-0.15, -0.1) is 0 Å². The van der Waals surface area contributed by atoms with Crippen molar-refractivity contribution in [3.63, 3.8) is 0 Å². The molecule has 0 heterocycles. The van der Waals surface area contributed by atoms with Crippen LogP contribution in [0.5, 0.6) is 0 Å². The molecule has 0 saturated heterocycles. The van der Waals surface area contributed by atoms with Crippen LogP contribution < -0.4 is 5.32 Å². The SMILES string of the molecule is CCC(NC(=O)CCCCOC)(C(=O)O)c1ccc(Cl)cc1. The van der Waals surface area contributed by atoms with Crippen LogP contribution in [0.1, 0.15) is 38.2 Å². The zero-order chi connectivity index (χ0) is 16.6. The molecule has 122 valence electrons. The van der Waals surface area contributed by atoms with Crippen molar-refractivity contribution in [3.8, 4) is 0 Å². The number of nitrogens with one attached hydrogen (secondary N) is 1. The van der Waals surface area contributed by atoms with Crippen LogP contribution >= 0.6 is 11.6 Å². The molecule has 5 nitrogen and oxygen atoms in total. The lowest BCUT2D eigenvalue weighted by Gasteiger charge is -2.30. The molecule has 1 rings (SSSR count). The quantitative estimate of drug-likeness (QED) is 0.684. The zero-order valence-electron chi connectivity index (χ0n) is 12.9. The second-order valence-corrected chi connectivity index (χ2v) is 5.51. The summed E-state index contributed by atoms with van der Waals surface area (Å²) in [5.41, 5.74) is -0.916. The molecule has 0 fully saturated rings. The minimum Gasteiger partial charge on any atom is -0.479 e. The number of aliphatic carboxylic acids is 1. The Morgan fingerprint density at radius 3 is 2.41 bits per heavy atom. The molecule has 0 bridgehead atoms. The Labute approximate surface area is 135 Å². The van der Waals surface area contributed by atoms with Crippen LogP contribution in [0.3, 0.4) is 0 Å². The van der Waals surface area contributed by atoms with Gasteiger partial charge in [-0.25, -0.2) is 4.79 Å². The summed E-state index contributed by atoms with van der Waals surface area (Å²) in [7, 11) is 1.60. The molecular formula is C16H22ClNO4.